The molecule has 3 heteroatoms. The van der Waals surface area contributed by atoms with Crippen LogP contribution in [0.3, 0.4) is 0 Å². The van der Waals surface area contributed by atoms with E-state index in [1.54, 1.807) is 7.11 Å². The van der Waals surface area contributed by atoms with Gasteiger partial charge in [-0.3, -0.25) is 0 Å². The molecule has 3 nitrogen and oxygen atoms in total. The van der Waals surface area contributed by atoms with Gasteiger partial charge in [-0.2, -0.15) is 0 Å². The second-order valence-corrected chi connectivity index (χ2v) is 5.01. The molecule has 1 aliphatic heterocycles. The highest BCUT2D eigenvalue weighted by atomic mass is 16.5. The molecule has 94 valence electrons. The maximum atomic E-state index is 5.33. The smallest absolute Gasteiger partial charge is 0.120 e. The van der Waals surface area contributed by atoms with E-state index in [2.05, 4.69) is 36.2 Å². The van der Waals surface area contributed by atoms with Crippen LogP contribution >= 0.6 is 0 Å². The Morgan fingerprint density at radius 3 is 2.94 bits per heavy atom. The van der Waals surface area contributed by atoms with Crippen LogP contribution < -0.4 is 15.0 Å². The van der Waals surface area contributed by atoms with Crippen LogP contribution in [0.2, 0.25) is 0 Å². The first-order chi connectivity index (χ1) is 8.20. The summed E-state index contributed by atoms with van der Waals surface area (Å²) in [5.41, 5.74) is 2.69. The minimum Gasteiger partial charge on any atom is -0.497 e. The number of fused-ring (bicyclic) bond motifs is 1. The van der Waals surface area contributed by atoms with Gasteiger partial charge in [-0.1, -0.05) is 19.9 Å². The fourth-order valence-corrected chi connectivity index (χ4v) is 2.30. The van der Waals surface area contributed by atoms with Crippen molar-refractivity contribution in [3.63, 3.8) is 0 Å². The highest BCUT2D eigenvalue weighted by Crippen LogP contribution is 2.28. The van der Waals surface area contributed by atoms with Gasteiger partial charge in [-0.25, -0.2) is 0 Å². The van der Waals surface area contributed by atoms with Gasteiger partial charge in [0.2, 0.25) is 0 Å². The molecule has 1 heterocycles. The minimum absolute atomic E-state index is 0.673. The summed E-state index contributed by atoms with van der Waals surface area (Å²) < 4.78 is 5.33. The number of nitrogens with one attached hydrogen (secondary N) is 1. The normalized spacial score (nSPS) is 15.6. The predicted molar refractivity (Wildman–Crippen MR) is 71.8 cm³/mol. The molecule has 0 fully saturated rings. The summed E-state index contributed by atoms with van der Waals surface area (Å²) in [6, 6.07) is 6.36. The molecule has 0 saturated carbocycles. The summed E-state index contributed by atoms with van der Waals surface area (Å²) in [5, 5.41) is 3.46. The number of nitrogens with zero attached hydrogens (tertiary/aromatic N) is 1. The Hall–Kier alpha value is -1.22. The molecule has 0 saturated heterocycles. The van der Waals surface area contributed by atoms with Crippen LogP contribution in [0.4, 0.5) is 5.69 Å². The van der Waals surface area contributed by atoms with E-state index >= 15 is 0 Å². The van der Waals surface area contributed by atoms with Crippen molar-refractivity contribution in [1.82, 2.24) is 5.32 Å². The highest BCUT2D eigenvalue weighted by Gasteiger charge is 2.16. The lowest BCUT2D eigenvalue weighted by Gasteiger charge is -2.26. The first-order valence-corrected chi connectivity index (χ1v) is 6.33. The van der Waals surface area contributed by atoms with Gasteiger partial charge in [-0.05, 0) is 17.5 Å². The third-order valence-electron chi connectivity index (χ3n) is 3.09. The van der Waals surface area contributed by atoms with Crippen molar-refractivity contribution in [3.8, 4) is 5.75 Å². The zero-order valence-electron chi connectivity index (χ0n) is 11.0. The Morgan fingerprint density at radius 1 is 1.41 bits per heavy atom. The van der Waals surface area contributed by atoms with Crippen molar-refractivity contribution in [1.29, 1.82) is 0 Å². The average Bonchev–Trinajstić information content (AvgIpc) is 2.51. The topological polar surface area (TPSA) is 24.5 Å². The van der Waals surface area contributed by atoms with Crippen molar-refractivity contribution in [3.05, 3.63) is 23.8 Å². The molecule has 0 unspecified atom stereocenters. The first-order valence-electron chi connectivity index (χ1n) is 6.33. The van der Waals surface area contributed by atoms with Gasteiger partial charge >= 0.3 is 0 Å². The molecule has 0 aliphatic carbocycles. The summed E-state index contributed by atoms with van der Waals surface area (Å²) in [7, 11) is 1.73. The predicted octanol–water partition coefficient (Wildman–Crippen LogP) is 2.26. The lowest BCUT2D eigenvalue weighted by atomic mass is 10.1. The fourth-order valence-electron chi connectivity index (χ4n) is 2.30. The van der Waals surface area contributed by atoms with E-state index in [-0.39, 0.29) is 0 Å². The molecule has 0 radical (unpaired) electrons. The first kappa shape index (κ1) is 12.2. The van der Waals surface area contributed by atoms with Crippen LogP contribution in [0, 0.1) is 5.92 Å². The van der Waals surface area contributed by atoms with Crippen LogP contribution in [-0.2, 0) is 6.54 Å². The fraction of sp³-hybridized carbons (Fsp3) is 0.571. The van der Waals surface area contributed by atoms with E-state index in [9.17, 15) is 0 Å². The Morgan fingerprint density at radius 2 is 2.24 bits per heavy atom. The molecule has 1 aliphatic rings. The Labute approximate surface area is 104 Å². The van der Waals surface area contributed by atoms with E-state index < -0.39 is 0 Å². The van der Waals surface area contributed by atoms with Gasteiger partial charge in [0.15, 0.2) is 0 Å². The number of anilines is 1. The monoisotopic (exact) mass is 234 g/mol. The second-order valence-electron chi connectivity index (χ2n) is 5.01. The molecule has 0 aromatic heterocycles. The van der Waals surface area contributed by atoms with E-state index in [1.807, 2.05) is 6.07 Å². The van der Waals surface area contributed by atoms with Crippen LogP contribution in [0.25, 0.3) is 0 Å². The van der Waals surface area contributed by atoms with E-state index in [4.69, 9.17) is 4.74 Å². The molecule has 0 spiro atoms. The number of rotatable bonds is 3. The van der Waals surface area contributed by atoms with Crippen LogP contribution in [0.1, 0.15) is 19.4 Å². The van der Waals surface area contributed by atoms with Gasteiger partial charge in [-0.15, -0.1) is 0 Å². The Kier molecular flexibility index (Phi) is 3.89. The zero-order chi connectivity index (χ0) is 12.3. The molecule has 1 aromatic rings. The third kappa shape index (κ3) is 2.91. The summed E-state index contributed by atoms with van der Waals surface area (Å²) in [4.78, 5) is 2.46. The average molecular weight is 234 g/mol. The molecular weight excluding hydrogens is 212 g/mol. The number of benzene rings is 1. The minimum atomic E-state index is 0.673. The molecule has 0 bridgehead atoms. The number of methoxy groups -OCH3 is 1. The molecule has 1 N–H and O–H groups in total. The number of hydrogen-bond donors (Lipinski definition) is 1. The largest absolute Gasteiger partial charge is 0.497 e. The van der Waals surface area contributed by atoms with Crippen molar-refractivity contribution < 1.29 is 4.74 Å². The van der Waals surface area contributed by atoms with Crippen molar-refractivity contribution in [2.45, 2.75) is 20.4 Å². The molecular formula is C14H22N2O. The molecule has 0 amide bonds. The second kappa shape index (κ2) is 5.41. The summed E-state index contributed by atoms with van der Waals surface area (Å²) in [5.74, 6) is 1.62. The molecule has 17 heavy (non-hydrogen) atoms. The number of hydrogen-bond acceptors (Lipinski definition) is 3. The summed E-state index contributed by atoms with van der Waals surface area (Å²) >= 11 is 0. The van der Waals surface area contributed by atoms with Crippen LogP contribution in [0.5, 0.6) is 5.75 Å². The standard InChI is InChI=1S/C14H22N2O/c1-11(2)10-16-7-6-15-9-12-4-5-13(17-3)8-14(12)16/h4-5,8,11,15H,6-7,9-10H2,1-3H3. The molecule has 2 rings (SSSR count). The zero-order valence-corrected chi connectivity index (χ0v) is 11.0. The highest BCUT2D eigenvalue weighted by molar-refractivity contribution is 5.58. The van der Waals surface area contributed by atoms with Gasteiger partial charge in [0.05, 0.1) is 7.11 Å². The maximum absolute atomic E-state index is 5.33. The molecule has 0 atom stereocenters. The van der Waals surface area contributed by atoms with E-state index in [1.165, 1.54) is 11.3 Å². The quantitative estimate of drug-likeness (QED) is 0.868. The van der Waals surface area contributed by atoms with Crippen molar-refractivity contribution in [2.75, 3.05) is 31.6 Å². The van der Waals surface area contributed by atoms with Gasteiger partial charge in [0, 0.05) is 37.9 Å². The maximum Gasteiger partial charge on any atom is 0.120 e. The van der Waals surface area contributed by atoms with Crippen LogP contribution in [-0.4, -0.2) is 26.7 Å². The summed E-state index contributed by atoms with van der Waals surface area (Å²) in [6.07, 6.45) is 0. The lowest BCUT2D eigenvalue weighted by Crippen LogP contribution is -2.31. The van der Waals surface area contributed by atoms with Crippen molar-refractivity contribution in [2.24, 2.45) is 5.92 Å². The van der Waals surface area contributed by atoms with E-state index in [0.29, 0.717) is 5.92 Å². The van der Waals surface area contributed by atoms with Gasteiger partial charge < -0.3 is 15.0 Å². The Balaban J connectivity index is 2.31. The lowest BCUT2D eigenvalue weighted by molar-refractivity contribution is 0.414. The number of ether oxygens (including phenoxy) is 1. The summed E-state index contributed by atoms with van der Waals surface area (Å²) in [6.45, 7) is 8.69. The SMILES string of the molecule is COc1ccc2c(c1)N(CC(C)C)CCNC2. The van der Waals surface area contributed by atoms with E-state index in [0.717, 1.165) is 31.9 Å². The van der Waals surface area contributed by atoms with Crippen molar-refractivity contribution >= 4 is 5.69 Å². The van der Waals surface area contributed by atoms with Gasteiger partial charge in [0.1, 0.15) is 5.75 Å². The van der Waals surface area contributed by atoms with Gasteiger partial charge in [0.25, 0.3) is 0 Å². The third-order valence-corrected chi connectivity index (χ3v) is 3.09. The Bertz CT molecular complexity index is 376. The molecule has 1 aromatic carbocycles. The van der Waals surface area contributed by atoms with Crippen LogP contribution in [0.15, 0.2) is 18.2 Å².